The maximum absolute atomic E-state index is 12.5. The van der Waals surface area contributed by atoms with Crippen LogP contribution in [0.15, 0.2) is 30.6 Å². The molecule has 1 spiro atoms. The van der Waals surface area contributed by atoms with E-state index >= 15 is 0 Å². The second-order valence-corrected chi connectivity index (χ2v) is 6.76. The van der Waals surface area contributed by atoms with Crippen LogP contribution in [0.25, 0.3) is 5.69 Å². The standard InChI is InChI=1S/C17H21N5O3/c23-16(21-8-1-6-17(11-21)7-9-24-12-17)10-25-15-4-2-14(3-5-15)22-13-18-19-20-22/h2-5,13H,1,6-12H2. The molecule has 0 bridgehead atoms. The minimum absolute atomic E-state index is 0.0375. The van der Waals surface area contributed by atoms with Crippen molar-refractivity contribution in [2.75, 3.05) is 32.9 Å². The van der Waals surface area contributed by atoms with E-state index in [1.807, 2.05) is 29.2 Å². The topological polar surface area (TPSA) is 82.4 Å². The SMILES string of the molecule is O=C(COc1ccc(-n2cnnn2)cc1)N1CCCC2(CCOC2)C1. The summed E-state index contributed by atoms with van der Waals surface area (Å²) in [7, 11) is 0. The Hall–Kier alpha value is -2.48. The molecule has 1 unspecified atom stereocenters. The molecule has 8 nitrogen and oxygen atoms in total. The van der Waals surface area contributed by atoms with Gasteiger partial charge in [-0.25, -0.2) is 4.68 Å². The number of piperidine rings is 1. The maximum atomic E-state index is 12.5. The number of tetrazole rings is 1. The lowest BCUT2D eigenvalue weighted by Gasteiger charge is -2.39. The molecule has 0 saturated carbocycles. The number of nitrogens with zero attached hydrogens (tertiary/aromatic N) is 5. The molecule has 0 aliphatic carbocycles. The fraction of sp³-hybridized carbons (Fsp3) is 0.529. The van der Waals surface area contributed by atoms with Gasteiger partial charge in [-0.15, -0.1) is 5.10 Å². The van der Waals surface area contributed by atoms with Gasteiger partial charge < -0.3 is 14.4 Å². The van der Waals surface area contributed by atoms with E-state index < -0.39 is 0 Å². The Morgan fingerprint density at radius 3 is 2.88 bits per heavy atom. The number of ether oxygens (including phenoxy) is 2. The lowest BCUT2D eigenvalue weighted by Crippen LogP contribution is -2.48. The third-order valence-corrected chi connectivity index (χ3v) is 5.01. The van der Waals surface area contributed by atoms with Gasteiger partial charge >= 0.3 is 0 Å². The number of benzene rings is 1. The van der Waals surface area contributed by atoms with Gasteiger partial charge in [0.2, 0.25) is 0 Å². The number of hydrogen-bond donors (Lipinski definition) is 0. The van der Waals surface area contributed by atoms with Crippen molar-refractivity contribution in [3.05, 3.63) is 30.6 Å². The van der Waals surface area contributed by atoms with E-state index in [1.54, 1.807) is 4.68 Å². The summed E-state index contributed by atoms with van der Waals surface area (Å²) in [6, 6.07) is 7.32. The fourth-order valence-corrected chi connectivity index (χ4v) is 3.60. The van der Waals surface area contributed by atoms with Gasteiger partial charge in [0, 0.05) is 25.1 Å². The molecule has 2 aliphatic heterocycles. The molecule has 1 aromatic carbocycles. The molecule has 4 rings (SSSR count). The normalized spacial score (nSPS) is 23.1. The predicted octanol–water partition coefficient (Wildman–Crippen LogP) is 1.07. The third-order valence-electron chi connectivity index (χ3n) is 5.01. The van der Waals surface area contributed by atoms with Gasteiger partial charge in [0.05, 0.1) is 12.3 Å². The number of rotatable bonds is 4. The van der Waals surface area contributed by atoms with Crippen LogP contribution >= 0.6 is 0 Å². The van der Waals surface area contributed by atoms with Crippen molar-refractivity contribution < 1.29 is 14.3 Å². The summed E-state index contributed by atoms with van der Waals surface area (Å²) in [4.78, 5) is 14.4. The van der Waals surface area contributed by atoms with Crippen molar-refractivity contribution >= 4 is 5.91 Å². The van der Waals surface area contributed by atoms with Crippen LogP contribution in [0.2, 0.25) is 0 Å². The van der Waals surface area contributed by atoms with E-state index in [2.05, 4.69) is 15.5 Å². The smallest absolute Gasteiger partial charge is 0.260 e. The zero-order valence-corrected chi connectivity index (χ0v) is 14.0. The first-order valence-electron chi connectivity index (χ1n) is 8.56. The average molecular weight is 343 g/mol. The summed E-state index contributed by atoms with van der Waals surface area (Å²) in [6.07, 6.45) is 4.76. The number of hydrogen-bond acceptors (Lipinski definition) is 6. The van der Waals surface area contributed by atoms with Gasteiger partial charge in [-0.05, 0) is 54.0 Å². The number of amides is 1. The molecule has 1 aromatic heterocycles. The molecule has 2 fully saturated rings. The summed E-state index contributed by atoms with van der Waals surface area (Å²) in [5.74, 6) is 0.691. The van der Waals surface area contributed by atoms with Gasteiger partial charge in [-0.3, -0.25) is 4.79 Å². The molecule has 2 aliphatic rings. The number of carbonyl (C=O) groups is 1. The lowest BCUT2D eigenvalue weighted by molar-refractivity contribution is -0.137. The minimum Gasteiger partial charge on any atom is -0.484 e. The van der Waals surface area contributed by atoms with E-state index in [0.29, 0.717) is 5.75 Å². The summed E-state index contributed by atoms with van der Waals surface area (Å²) in [6.45, 7) is 3.24. The van der Waals surface area contributed by atoms with Gasteiger partial charge in [-0.2, -0.15) is 0 Å². The number of carbonyl (C=O) groups excluding carboxylic acids is 1. The van der Waals surface area contributed by atoms with Crippen molar-refractivity contribution in [3.8, 4) is 11.4 Å². The van der Waals surface area contributed by atoms with Crippen LogP contribution in [0.3, 0.4) is 0 Å². The van der Waals surface area contributed by atoms with Crippen LogP contribution in [0.5, 0.6) is 5.75 Å². The van der Waals surface area contributed by atoms with Gasteiger partial charge in [-0.1, -0.05) is 0 Å². The molecular weight excluding hydrogens is 322 g/mol. The Labute approximate surface area is 145 Å². The largest absolute Gasteiger partial charge is 0.484 e. The first kappa shape index (κ1) is 16.0. The quantitative estimate of drug-likeness (QED) is 0.826. The molecule has 1 amide bonds. The molecular formula is C17H21N5O3. The molecule has 2 aromatic rings. The highest BCUT2D eigenvalue weighted by atomic mass is 16.5. The fourth-order valence-electron chi connectivity index (χ4n) is 3.60. The van der Waals surface area contributed by atoms with E-state index in [9.17, 15) is 4.79 Å². The van der Waals surface area contributed by atoms with Crippen molar-refractivity contribution in [2.45, 2.75) is 19.3 Å². The Balaban J connectivity index is 1.32. The highest BCUT2D eigenvalue weighted by Gasteiger charge is 2.40. The highest BCUT2D eigenvalue weighted by Crippen LogP contribution is 2.37. The Bertz CT molecular complexity index is 710. The van der Waals surface area contributed by atoms with E-state index in [0.717, 1.165) is 51.3 Å². The lowest BCUT2D eigenvalue weighted by atomic mass is 9.79. The van der Waals surface area contributed by atoms with E-state index in [4.69, 9.17) is 9.47 Å². The molecule has 25 heavy (non-hydrogen) atoms. The zero-order chi connectivity index (χ0) is 17.1. The number of likely N-dealkylation sites (tertiary alicyclic amines) is 1. The van der Waals surface area contributed by atoms with Crippen molar-refractivity contribution in [2.24, 2.45) is 5.41 Å². The molecule has 8 heteroatoms. The molecule has 132 valence electrons. The van der Waals surface area contributed by atoms with Gasteiger partial charge in [0.1, 0.15) is 12.1 Å². The summed E-state index contributed by atoms with van der Waals surface area (Å²) < 4.78 is 12.8. The number of aromatic nitrogens is 4. The van der Waals surface area contributed by atoms with E-state index in [-0.39, 0.29) is 17.9 Å². The maximum Gasteiger partial charge on any atom is 0.260 e. The summed E-state index contributed by atoms with van der Waals surface area (Å²) in [5.41, 5.74) is 1.00. The van der Waals surface area contributed by atoms with Crippen LogP contribution in [0.4, 0.5) is 0 Å². The second kappa shape index (κ2) is 6.79. The second-order valence-electron chi connectivity index (χ2n) is 6.76. The summed E-state index contributed by atoms with van der Waals surface area (Å²) in [5, 5.41) is 11.0. The Morgan fingerprint density at radius 1 is 1.28 bits per heavy atom. The molecule has 1 atom stereocenters. The van der Waals surface area contributed by atoms with Crippen LogP contribution in [-0.4, -0.2) is 63.9 Å². The van der Waals surface area contributed by atoms with Crippen molar-refractivity contribution in [1.82, 2.24) is 25.1 Å². The van der Waals surface area contributed by atoms with Gasteiger partial charge in [0.25, 0.3) is 5.91 Å². The monoisotopic (exact) mass is 343 g/mol. The van der Waals surface area contributed by atoms with Crippen LogP contribution < -0.4 is 4.74 Å². The zero-order valence-electron chi connectivity index (χ0n) is 14.0. The van der Waals surface area contributed by atoms with Crippen molar-refractivity contribution in [3.63, 3.8) is 0 Å². The predicted molar refractivity (Wildman–Crippen MR) is 88.3 cm³/mol. The first-order valence-corrected chi connectivity index (χ1v) is 8.56. The van der Waals surface area contributed by atoms with Gasteiger partial charge in [0.15, 0.2) is 6.61 Å². The Morgan fingerprint density at radius 2 is 2.16 bits per heavy atom. The van der Waals surface area contributed by atoms with Crippen LogP contribution in [0, 0.1) is 5.41 Å². The van der Waals surface area contributed by atoms with E-state index in [1.165, 1.54) is 6.33 Å². The Kier molecular flexibility index (Phi) is 4.35. The first-order chi connectivity index (χ1) is 12.2. The summed E-state index contributed by atoms with van der Waals surface area (Å²) >= 11 is 0. The van der Waals surface area contributed by atoms with Crippen LogP contribution in [0.1, 0.15) is 19.3 Å². The highest BCUT2D eigenvalue weighted by molar-refractivity contribution is 5.78. The average Bonchev–Trinajstić information content (AvgIpc) is 3.33. The van der Waals surface area contributed by atoms with Crippen LogP contribution in [-0.2, 0) is 9.53 Å². The molecule has 0 N–H and O–H groups in total. The third kappa shape index (κ3) is 3.48. The van der Waals surface area contributed by atoms with Crippen molar-refractivity contribution in [1.29, 1.82) is 0 Å². The molecule has 0 radical (unpaired) electrons. The molecule has 2 saturated heterocycles. The minimum atomic E-state index is 0.0375. The molecule has 3 heterocycles.